The van der Waals surface area contributed by atoms with Crippen LogP contribution in [0.5, 0.6) is 0 Å². The molecular formula is C14H21BrFN. The van der Waals surface area contributed by atoms with Gasteiger partial charge >= 0.3 is 0 Å². The quantitative estimate of drug-likeness (QED) is 0.712. The highest BCUT2D eigenvalue weighted by atomic mass is 79.9. The molecule has 1 nitrogen and oxygen atoms in total. The van der Waals surface area contributed by atoms with E-state index in [9.17, 15) is 4.39 Å². The molecule has 0 amide bonds. The van der Waals surface area contributed by atoms with Crippen LogP contribution >= 0.6 is 15.9 Å². The minimum Gasteiger partial charge on any atom is -0.310 e. The third-order valence-corrected chi connectivity index (χ3v) is 3.38. The average Bonchev–Trinajstić information content (AvgIpc) is 2.28. The van der Waals surface area contributed by atoms with E-state index in [4.69, 9.17) is 0 Å². The van der Waals surface area contributed by atoms with Crippen LogP contribution in [0.2, 0.25) is 0 Å². The molecule has 3 heteroatoms. The number of hydrogen-bond donors (Lipinski definition) is 1. The first kappa shape index (κ1) is 14.7. The fourth-order valence-electron chi connectivity index (χ4n) is 2.00. The summed E-state index contributed by atoms with van der Waals surface area (Å²) in [4.78, 5) is 0. The summed E-state index contributed by atoms with van der Waals surface area (Å²) in [5.74, 6) is -0.123. The molecule has 0 saturated carbocycles. The van der Waals surface area contributed by atoms with Gasteiger partial charge in [-0.1, -0.05) is 55.1 Å². The molecule has 0 radical (unpaired) electrons. The van der Waals surface area contributed by atoms with Crippen LogP contribution in [-0.2, 0) is 0 Å². The Morgan fingerprint density at radius 3 is 2.65 bits per heavy atom. The zero-order valence-corrected chi connectivity index (χ0v) is 12.2. The van der Waals surface area contributed by atoms with Crippen LogP contribution in [-0.4, -0.2) is 6.54 Å². The minimum absolute atomic E-state index is 0.123. The third kappa shape index (κ3) is 4.76. The number of nitrogens with one attached hydrogen (secondary N) is 1. The second-order valence-electron chi connectivity index (χ2n) is 4.27. The van der Waals surface area contributed by atoms with Crippen molar-refractivity contribution >= 4 is 15.9 Å². The second-order valence-corrected chi connectivity index (χ2v) is 5.19. The standard InChI is InChI=1S/C14H21BrFN/c1-3-5-6-7-14(17-4-2)12-9-8-11(15)10-13(12)16/h8-10,14,17H,3-7H2,1-2H3. The summed E-state index contributed by atoms with van der Waals surface area (Å²) < 4.78 is 14.7. The number of halogens is 2. The highest BCUT2D eigenvalue weighted by molar-refractivity contribution is 9.10. The number of unbranched alkanes of at least 4 members (excludes halogenated alkanes) is 2. The lowest BCUT2D eigenvalue weighted by Crippen LogP contribution is -2.21. The van der Waals surface area contributed by atoms with E-state index < -0.39 is 0 Å². The molecule has 1 N–H and O–H groups in total. The van der Waals surface area contributed by atoms with Crippen LogP contribution in [0.4, 0.5) is 4.39 Å². The molecule has 0 aliphatic rings. The van der Waals surface area contributed by atoms with Crippen LogP contribution in [0, 0.1) is 5.82 Å². The first-order chi connectivity index (χ1) is 8.19. The molecule has 1 unspecified atom stereocenters. The zero-order valence-electron chi connectivity index (χ0n) is 10.6. The van der Waals surface area contributed by atoms with E-state index in [1.165, 1.54) is 12.8 Å². The largest absolute Gasteiger partial charge is 0.310 e. The molecule has 0 bridgehead atoms. The summed E-state index contributed by atoms with van der Waals surface area (Å²) in [5.41, 5.74) is 0.783. The van der Waals surface area contributed by atoms with Crippen molar-refractivity contribution in [2.75, 3.05) is 6.54 Å². The van der Waals surface area contributed by atoms with Gasteiger partial charge in [0.15, 0.2) is 0 Å². The fourth-order valence-corrected chi connectivity index (χ4v) is 2.33. The van der Waals surface area contributed by atoms with Gasteiger partial charge < -0.3 is 5.32 Å². The lowest BCUT2D eigenvalue weighted by atomic mass is 10.00. The van der Waals surface area contributed by atoms with Gasteiger partial charge in [0.05, 0.1) is 0 Å². The van der Waals surface area contributed by atoms with Crippen molar-refractivity contribution < 1.29 is 4.39 Å². The molecule has 1 rings (SSSR count). The van der Waals surface area contributed by atoms with E-state index in [-0.39, 0.29) is 11.9 Å². The zero-order chi connectivity index (χ0) is 12.7. The Balaban J connectivity index is 2.74. The molecular weight excluding hydrogens is 281 g/mol. The van der Waals surface area contributed by atoms with Crippen molar-refractivity contribution in [2.45, 2.75) is 45.6 Å². The van der Waals surface area contributed by atoms with Gasteiger partial charge in [0, 0.05) is 16.1 Å². The molecule has 17 heavy (non-hydrogen) atoms. The van der Waals surface area contributed by atoms with Crippen LogP contribution in [0.15, 0.2) is 22.7 Å². The number of hydrogen-bond acceptors (Lipinski definition) is 1. The maximum absolute atomic E-state index is 13.9. The van der Waals surface area contributed by atoms with Crippen molar-refractivity contribution in [2.24, 2.45) is 0 Å². The first-order valence-corrected chi connectivity index (χ1v) is 7.16. The Morgan fingerprint density at radius 1 is 1.29 bits per heavy atom. The van der Waals surface area contributed by atoms with Gasteiger partial charge in [0.25, 0.3) is 0 Å². The summed E-state index contributed by atoms with van der Waals surface area (Å²) in [6.45, 7) is 5.11. The van der Waals surface area contributed by atoms with Crippen molar-refractivity contribution in [3.63, 3.8) is 0 Å². The normalized spacial score (nSPS) is 12.7. The molecule has 0 aliphatic carbocycles. The molecule has 0 heterocycles. The maximum Gasteiger partial charge on any atom is 0.129 e. The van der Waals surface area contributed by atoms with Gasteiger partial charge in [0.1, 0.15) is 5.82 Å². The van der Waals surface area contributed by atoms with E-state index in [0.717, 1.165) is 29.4 Å². The van der Waals surface area contributed by atoms with Gasteiger partial charge in [-0.2, -0.15) is 0 Å². The van der Waals surface area contributed by atoms with Crippen molar-refractivity contribution in [3.05, 3.63) is 34.1 Å². The Kier molecular flexibility index (Phi) is 6.75. The van der Waals surface area contributed by atoms with Crippen molar-refractivity contribution in [1.29, 1.82) is 0 Å². The predicted molar refractivity (Wildman–Crippen MR) is 74.7 cm³/mol. The smallest absolute Gasteiger partial charge is 0.129 e. The molecule has 96 valence electrons. The van der Waals surface area contributed by atoms with Gasteiger partial charge in [-0.05, 0) is 25.1 Å². The minimum atomic E-state index is -0.123. The summed E-state index contributed by atoms with van der Waals surface area (Å²) >= 11 is 3.29. The summed E-state index contributed by atoms with van der Waals surface area (Å²) in [6.07, 6.45) is 4.55. The fraction of sp³-hybridized carbons (Fsp3) is 0.571. The van der Waals surface area contributed by atoms with Crippen molar-refractivity contribution in [1.82, 2.24) is 5.32 Å². The van der Waals surface area contributed by atoms with E-state index in [2.05, 4.69) is 35.1 Å². The van der Waals surface area contributed by atoms with Crippen LogP contribution in [0.1, 0.15) is 51.1 Å². The molecule has 0 fully saturated rings. The second kappa shape index (κ2) is 7.83. The Hall–Kier alpha value is -0.410. The molecule has 1 aromatic rings. The number of rotatable bonds is 7. The topological polar surface area (TPSA) is 12.0 Å². The van der Waals surface area contributed by atoms with E-state index >= 15 is 0 Å². The lowest BCUT2D eigenvalue weighted by Gasteiger charge is -2.19. The van der Waals surface area contributed by atoms with Gasteiger partial charge in [0.2, 0.25) is 0 Å². The first-order valence-electron chi connectivity index (χ1n) is 6.37. The monoisotopic (exact) mass is 301 g/mol. The molecule has 1 aromatic carbocycles. The predicted octanol–water partition coefficient (Wildman–Crippen LogP) is 4.82. The van der Waals surface area contributed by atoms with E-state index in [0.29, 0.717) is 0 Å². The van der Waals surface area contributed by atoms with Gasteiger partial charge in [-0.3, -0.25) is 0 Å². The average molecular weight is 302 g/mol. The summed E-state index contributed by atoms with van der Waals surface area (Å²) in [7, 11) is 0. The van der Waals surface area contributed by atoms with Gasteiger partial charge in [-0.25, -0.2) is 4.39 Å². The Morgan fingerprint density at radius 2 is 2.06 bits per heavy atom. The molecule has 0 spiro atoms. The maximum atomic E-state index is 13.9. The molecule has 0 aromatic heterocycles. The molecule has 0 aliphatic heterocycles. The lowest BCUT2D eigenvalue weighted by molar-refractivity contribution is 0.464. The van der Waals surface area contributed by atoms with Gasteiger partial charge in [-0.15, -0.1) is 0 Å². The van der Waals surface area contributed by atoms with E-state index in [1.54, 1.807) is 6.07 Å². The van der Waals surface area contributed by atoms with Crippen LogP contribution < -0.4 is 5.32 Å². The Labute approximate surface area is 112 Å². The molecule has 1 atom stereocenters. The highest BCUT2D eigenvalue weighted by Gasteiger charge is 2.14. The number of benzene rings is 1. The van der Waals surface area contributed by atoms with Crippen molar-refractivity contribution in [3.8, 4) is 0 Å². The third-order valence-electron chi connectivity index (χ3n) is 2.88. The van der Waals surface area contributed by atoms with Crippen LogP contribution in [0.25, 0.3) is 0 Å². The van der Waals surface area contributed by atoms with E-state index in [1.807, 2.05) is 12.1 Å². The summed E-state index contributed by atoms with van der Waals surface area (Å²) in [6, 6.07) is 5.46. The SMILES string of the molecule is CCCCCC(NCC)c1ccc(Br)cc1F. The highest BCUT2D eigenvalue weighted by Crippen LogP contribution is 2.25. The summed E-state index contributed by atoms with van der Waals surface area (Å²) in [5, 5.41) is 3.36. The van der Waals surface area contributed by atoms with Crippen LogP contribution in [0.3, 0.4) is 0 Å². The molecule has 0 saturated heterocycles. The Bertz CT molecular complexity index is 341.